The summed E-state index contributed by atoms with van der Waals surface area (Å²) in [6, 6.07) is 0. The summed E-state index contributed by atoms with van der Waals surface area (Å²) in [5.41, 5.74) is 1.11. The van der Waals surface area contributed by atoms with Crippen molar-refractivity contribution in [1.82, 2.24) is 4.90 Å². The van der Waals surface area contributed by atoms with Crippen LogP contribution in [0.3, 0.4) is 0 Å². The number of amides is 2. The van der Waals surface area contributed by atoms with Crippen LogP contribution in [0.15, 0.2) is 0 Å². The predicted octanol–water partition coefficient (Wildman–Crippen LogP) is 2.49. The van der Waals surface area contributed by atoms with Crippen LogP contribution in [-0.4, -0.2) is 42.4 Å². The van der Waals surface area contributed by atoms with Gasteiger partial charge >= 0.3 is 5.97 Å². The highest BCUT2D eigenvalue weighted by Gasteiger charge is 2.24. The van der Waals surface area contributed by atoms with Crippen LogP contribution in [0.5, 0.6) is 0 Å². The van der Waals surface area contributed by atoms with Gasteiger partial charge in [-0.2, -0.15) is 0 Å². The number of carbonyl (C=O) groups excluding carboxylic acids is 3. The molecule has 0 spiro atoms. The summed E-state index contributed by atoms with van der Waals surface area (Å²) in [4.78, 5) is 38.3. The Labute approximate surface area is 139 Å². The molecule has 0 radical (unpaired) electrons. The van der Waals surface area contributed by atoms with Gasteiger partial charge in [0.25, 0.3) is 5.91 Å². The van der Waals surface area contributed by atoms with E-state index in [1.165, 1.54) is 18.3 Å². The van der Waals surface area contributed by atoms with Gasteiger partial charge in [-0.1, -0.05) is 0 Å². The zero-order valence-corrected chi connectivity index (χ0v) is 14.5. The lowest BCUT2D eigenvalue weighted by Gasteiger charge is -2.26. The SMILES string of the molecule is CC(=O)Nc1sc(C)c(C)c1C(=O)OCC(=O)N1CCCCC1. The van der Waals surface area contributed by atoms with Gasteiger partial charge in [0.1, 0.15) is 5.00 Å². The van der Waals surface area contributed by atoms with Gasteiger partial charge in [-0.25, -0.2) is 4.79 Å². The van der Waals surface area contributed by atoms with Gasteiger partial charge in [-0.15, -0.1) is 11.3 Å². The largest absolute Gasteiger partial charge is 0.452 e. The predicted molar refractivity (Wildman–Crippen MR) is 88.8 cm³/mol. The third kappa shape index (κ3) is 4.31. The molecule has 0 bridgehead atoms. The zero-order chi connectivity index (χ0) is 17.0. The first-order chi connectivity index (χ1) is 10.9. The molecule has 126 valence electrons. The topological polar surface area (TPSA) is 75.7 Å². The molecule has 1 aliphatic rings. The van der Waals surface area contributed by atoms with Gasteiger partial charge in [-0.05, 0) is 38.7 Å². The van der Waals surface area contributed by atoms with E-state index in [0.717, 1.165) is 42.8 Å². The number of carbonyl (C=O) groups is 3. The molecule has 23 heavy (non-hydrogen) atoms. The van der Waals surface area contributed by atoms with Crippen molar-refractivity contribution >= 4 is 34.1 Å². The number of aryl methyl sites for hydroxylation is 1. The minimum absolute atomic E-state index is 0.163. The van der Waals surface area contributed by atoms with Gasteiger partial charge < -0.3 is 15.0 Å². The van der Waals surface area contributed by atoms with Crippen LogP contribution in [0.1, 0.15) is 47.0 Å². The van der Waals surface area contributed by atoms with E-state index in [9.17, 15) is 14.4 Å². The number of nitrogens with one attached hydrogen (secondary N) is 1. The van der Waals surface area contributed by atoms with Crippen LogP contribution in [0.25, 0.3) is 0 Å². The normalized spacial score (nSPS) is 14.5. The fraction of sp³-hybridized carbons (Fsp3) is 0.562. The number of rotatable bonds is 4. The number of hydrogen-bond acceptors (Lipinski definition) is 5. The third-order valence-electron chi connectivity index (χ3n) is 3.91. The van der Waals surface area contributed by atoms with E-state index in [-0.39, 0.29) is 18.4 Å². The zero-order valence-electron chi connectivity index (χ0n) is 13.7. The first-order valence-corrected chi connectivity index (χ1v) is 8.54. The van der Waals surface area contributed by atoms with Crippen molar-refractivity contribution in [3.05, 3.63) is 16.0 Å². The van der Waals surface area contributed by atoms with Gasteiger partial charge in [0.2, 0.25) is 5.91 Å². The minimum atomic E-state index is -0.569. The number of nitrogens with zero attached hydrogens (tertiary/aromatic N) is 1. The van der Waals surface area contributed by atoms with Crippen LogP contribution in [0.2, 0.25) is 0 Å². The van der Waals surface area contributed by atoms with E-state index in [1.54, 1.807) is 11.8 Å². The van der Waals surface area contributed by atoms with Gasteiger partial charge in [0.15, 0.2) is 6.61 Å². The van der Waals surface area contributed by atoms with Crippen molar-refractivity contribution in [1.29, 1.82) is 0 Å². The van der Waals surface area contributed by atoms with Crippen molar-refractivity contribution in [3.63, 3.8) is 0 Å². The molecule has 6 nitrogen and oxygen atoms in total. The number of thiophene rings is 1. The van der Waals surface area contributed by atoms with Crippen LogP contribution in [0, 0.1) is 13.8 Å². The minimum Gasteiger partial charge on any atom is -0.452 e. The van der Waals surface area contributed by atoms with Crippen LogP contribution < -0.4 is 5.32 Å². The molecule has 1 aromatic heterocycles. The lowest BCUT2D eigenvalue weighted by molar-refractivity contribution is -0.135. The maximum Gasteiger partial charge on any atom is 0.341 e. The van der Waals surface area contributed by atoms with Crippen molar-refractivity contribution in [2.75, 3.05) is 25.0 Å². The molecule has 2 amide bonds. The Hall–Kier alpha value is -1.89. The lowest BCUT2D eigenvalue weighted by atomic mass is 10.1. The second-order valence-corrected chi connectivity index (χ2v) is 6.91. The molecule has 0 saturated carbocycles. The smallest absolute Gasteiger partial charge is 0.341 e. The fourth-order valence-corrected chi connectivity index (χ4v) is 3.65. The molecule has 1 N–H and O–H groups in total. The second-order valence-electron chi connectivity index (χ2n) is 5.69. The Morgan fingerprint density at radius 2 is 1.83 bits per heavy atom. The van der Waals surface area contributed by atoms with E-state index < -0.39 is 5.97 Å². The Morgan fingerprint density at radius 3 is 2.43 bits per heavy atom. The maximum absolute atomic E-state index is 12.3. The van der Waals surface area contributed by atoms with E-state index in [2.05, 4.69) is 5.32 Å². The summed E-state index contributed by atoms with van der Waals surface area (Å²) >= 11 is 1.33. The quantitative estimate of drug-likeness (QED) is 0.856. The molecule has 1 fully saturated rings. The van der Waals surface area contributed by atoms with Gasteiger partial charge in [0.05, 0.1) is 5.56 Å². The molecule has 0 atom stereocenters. The number of esters is 1. The molecule has 1 saturated heterocycles. The van der Waals surface area contributed by atoms with Gasteiger partial charge in [0, 0.05) is 24.9 Å². The summed E-state index contributed by atoms with van der Waals surface area (Å²) in [5, 5.41) is 3.13. The van der Waals surface area contributed by atoms with E-state index in [4.69, 9.17) is 4.74 Å². The first kappa shape index (κ1) is 17.5. The number of anilines is 1. The van der Waals surface area contributed by atoms with Crippen molar-refractivity contribution in [2.45, 2.75) is 40.0 Å². The van der Waals surface area contributed by atoms with Crippen molar-refractivity contribution < 1.29 is 19.1 Å². The van der Waals surface area contributed by atoms with E-state index in [0.29, 0.717) is 10.6 Å². The maximum atomic E-state index is 12.3. The number of likely N-dealkylation sites (tertiary alicyclic amines) is 1. The van der Waals surface area contributed by atoms with Crippen LogP contribution in [0.4, 0.5) is 5.00 Å². The van der Waals surface area contributed by atoms with E-state index >= 15 is 0 Å². The molecular formula is C16H22N2O4S. The third-order valence-corrected chi connectivity index (χ3v) is 5.04. The average Bonchev–Trinajstić information content (AvgIpc) is 2.79. The summed E-state index contributed by atoms with van der Waals surface area (Å²) < 4.78 is 5.18. The summed E-state index contributed by atoms with van der Waals surface area (Å²) in [7, 11) is 0. The Morgan fingerprint density at radius 1 is 1.17 bits per heavy atom. The Bertz CT molecular complexity index is 618. The van der Waals surface area contributed by atoms with Crippen molar-refractivity contribution in [3.8, 4) is 0 Å². The highest BCUT2D eigenvalue weighted by atomic mass is 32.1. The summed E-state index contributed by atoms with van der Waals surface area (Å²) in [6.45, 7) is 6.27. The molecule has 1 aliphatic heterocycles. The van der Waals surface area contributed by atoms with E-state index in [1.807, 2.05) is 6.92 Å². The van der Waals surface area contributed by atoms with Crippen LogP contribution in [-0.2, 0) is 14.3 Å². The lowest BCUT2D eigenvalue weighted by Crippen LogP contribution is -2.38. The fourth-order valence-electron chi connectivity index (χ4n) is 2.55. The molecule has 2 rings (SSSR count). The number of piperidine rings is 1. The first-order valence-electron chi connectivity index (χ1n) is 7.72. The van der Waals surface area contributed by atoms with Crippen LogP contribution >= 0.6 is 11.3 Å². The molecule has 7 heteroatoms. The Balaban J connectivity index is 2.02. The standard InChI is InChI=1S/C16H22N2O4S/c1-10-11(2)23-15(17-12(3)19)14(10)16(21)22-9-13(20)18-7-5-4-6-8-18/h4-9H2,1-3H3,(H,17,19). The molecule has 0 unspecified atom stereocenters. The highest BCUT2D eigenvalue weighted by molar-refractivity contribution is 7.16. The summed E-state index contributed by atoms with van der Waals surface area (Å²) in [5.74, 6) is -0.977. The monoisotopic (exact) mass is 338 g/mol. The number of ether oxygens (including phenoxy) is 1. The molecule has 2 heterocycles. The molecule has 1 aromatic rings. The molecule has 0 aromatic carbocycles. The molecule has 0 aliphatic carbocycles. The Kier molecular flexibility index (Phi) is 5.76. The van der Waals surface area contributed by atoms with Crippen molar-refractivity contribution in [2.24, 2.45) is 0 Å². The molecular weight excluding hydrogens is 316 g/mol. The highest BCUT2D eigenvalue weighted by Crippen LogP contribution is 2.33. The summed E-state index contributed by atoms with van der Waals surface area (Å²) in [6.07, 6.45) is 3.13. The average molecular weight is 338 g/mol. The second kappa shape index (κ2) is 7.59. The van der Waals surface area contributed by atoms with Gasteiger partial charge in [-0.3, -0.25) is 9.59 Å². The number of hydrogen-bond donors (Lipinski definition) is 1.